The van der Waals surface area contributed by atoms with Crippen molar-refractivity contribution in [1.82, 2.24) is 24.5 Å². The molecule has 0 atom stereocenters. The van der Waals surface area contributed by atoms with Gasteiger partial charge in [-0.3, -0.25) is 14.2 Å². The van der Waals surface area contributed by atoms with Crippen LogP contribution in [0.4, 0.5) is 0 Å². The molecular weight excluding hydrogens is 308 g/mol. The number of amides is 1. The molecule has 0 radical (unpaired) electrons. The Morgan fingerprint density at radius 1 is 1.27 bits per heavy atom. The Balaban J connectivity index is 1.99. The zero-order valence-electron chi connectivity index (χ0n) is 11.3. The lowest BCUT2D eigenvalue weighted by atomic mass is 10.2. The minimum absolute atomic E-state index is 0.0951. The Labute approximate surface area is 129 Å². The van der Waals surface area contributed by atoms with Gasteiger partial charge in [0, 0.05) is 5.02 Å². The fraction of sp³-hybridized carbons (Fsp3) is 0.154. The van der Waals surface area contributed by atoms with E-state index in [9.17, 15) is 9.59 Å². The summed E-state index contributed by atoms with van der Waals surface area (Å²) >= 11 is 5.84. The van der Waals surface area contributed by atoms with Crippen LogP contribution in [0.3, 0.4) is 0 Å². The van der Waals surface area contributed by atoms with Gasteiger partial charge in [0.25, 0.3) is 5.56 Å². The number of primary amides is 1. The van der Waals surface area contributed by atoms with Gasteiger partial charge >= 0.3 is 0 Å². The van der Waals surface area contributed by atoms with E-state index in [2.05, 4.69) is 15.3 Å². The summed E-state index contributed by atoms with van der Waals surface area (Å²) in [6, 6.07) is 7.24. The number of hydrogen-bond donors (Lipinski definition) is 1. The lowest BCUT2D eigenvalue weighted by Gasteiger charge is -2.03. The third-order valence-corrected chi connectivity index (χ3v) is 3.32. The van der Waals surface area contributed by atoms with Gasteiger partial charge in [-0.2, -0.15) is 0 Å². The Kier molecular flexibility index (Phi) is 3.60. The Morgan fingerprint density at radius 3 is 2.68 bits per heavy atom. The largest absolute Gasteiger partial charge is 0.368 e. The summed E-state index contributed by atoms with van der Waals surface area (Å²) in [6.07, 6.45) is 1.26. The minimum Gasteiger partial charge on any atom is -0.368 e. The van der Waals surface area contributed by atoms with Crippen molar-refractivity contribution in [3.63, 3.8) is 0 Å². The SMILES string of the molecule is NC(=O)Cn1cnc2c(nnn2Cc2ccc(Cl)cc2)c1=O. The smallest absolute Gasteiger partial charge is 0.283 e. The van der Waals surface area contributed by atoms with E-state index < -0.39 is 11.5 Å². The van der Waals surface area contributed by atoms with Crippen molar-refractivity contribution in [2.45, 2.75) is 13.1 Å². The van der Waals surface area contributed by atoms with E-state index in [1.165, 1.54) is 11.0 Å². The highest BCUT2D eigenvalue weighted by Crippen LogP contribution is 2.12. The molecule has 2 N–H and O–H groups in total. The Morgan fingerprint density at radius 2 is 2.00 bits per heavy atom. The highest BCUT2D eigenvalue weighted by molar-refractivity contribution is 6.30. The van der Waals surface area contributed by atoms with E-state index in [0.717, 1.165) is 10.1 Å². The van der Waals surface area contributed by atoms with Crippen LogP contribution in [0.15, 0.2) is 35.4 Å². The molecule has 3 rings (SSSR count). The Bertz CT molecular complexity index is 899. The van der Waals surface area contributed by atoms with Crippen LogP contribution < -0.4 is 11.3 Å². The molecule has 0 fully saturated rings. The first kappa shape index (κ1) is 14.2. The minimum atomic E-state index is -0.628. The van der Waals surface area contributed by atoms with Gasteiger partial charge in [-0.1, -0.05) is 28.9 Å². The third kappa shape index (κ3) is 2.68. The zero-order valence-corrected chi connectivity index (χ0v) is 12.1. The molecular formula is C13H11ClN6O2. The highest BCUT2D eigenvalue weighted by atomic mass is 35.5. The van der Waals surface area contributed by atoms with Gasteiger partial charge in [0.05, 0.1) is 6.54 Å². The number of aromatic nitrogens is 5. The van der Waals surface area contributed by atoms with Gasteiger partial charge in [-0.05, 0) is 17.7 Å². The molecule has 0 bridgehead atoms. The van der Waals surface area contributed by atoms with Crippen molar-refractivity contribution in [3.05, 3.63) is 51.5 Å². The molecule has 8 nitrogen and oxygen atoms in total. The molecule has 9 heteroatoms. The normalized spacial score (nSPS) is 11.0. The molecule has 2 aromatic heterocycles. The number of hydrogen-bond acceptors (Lipinski definition) is 5. The third-order valence-electron chi connectivity index (χ3n) is 3.06. The van der Waals surface area contributed by atoms with E-state index in [-0.39, 0.29) is 12.1 Å². The molecule has 0 unspecified atom stereocenters. The van der Waals surface area contributed by atoms with Crippen LogP contribution in [0.25, 0.3) is 11.2 Å². The average Bonchev–Trinajstić information content (AvgIpc) is 2.88. The maximum atomic E-state index is 12.2. The summed E-state index contributed by atoms with van der Waals surface area (Å²) in [5, 5.41) is 8.41. The number of rotatable bonds is 4. The first-order valence-electron chi connectivity index (χ1n) is 6.36. The van der Waals surface area contributed by atoms with Crippen LogP contribution in [-0.2, 0) is 17.9 Å². The van der Waals surface area contributed by atoms with Gasteiger partial charge in [0.15, 0.2) is 11.2 Å². The molecule has 1 amide bonds. The number of halogens is 1. The molecule has 0 aliphatic rings. The topological polar surface area (TPSA) is 109 Å². The fourth-order valence-electron chi connectivity index (χ4n) is 2.04. The molecule has 1 aromatic carbocycles. The van der Waals surface area contributed by atoms with Crippen LogP contribution >= 0.6 is 11.6 Å². The van der Waals surface area contributed by atoms with Gasteiger partial charge in [-0.15, -0.1) is 5.10 Å². The number of benzene rings is 1. The number of nitrogens with two attached hydrogens (primary N) is 1. The Hall–Kier alpha value is -2.74. The summed E-state index contributed by atoms with van der Waals surface area (Å²) in [4.78, 5) is 27.2. The van der Waals surface area contributed by atoms with Crippen LogP contribution in [-0.4, -0.2) is 30.5 Å². The molecule has 3 aromatic rings. The molecule has 0 spiro atoms. The van der Waals surface area contributed by atoms with Crippen molar-refractivity contribution < 1.29 is 4.79 Å². The van der Waals surface area contributed by atoms with Gasteiger partial charge in [-0.25, -0.2) is 9.67 Å². The van der Waals surface area contributed by atoms with Crippen LogP contribution in [0.2, 0.25) is 5.02 Å². The average molecular weight is 319 g/mol. The van der Waals surface area contributed by atoms with Crippen molar-refractivity contribution in [1.29, 1.82) is 0 Å². The fourth-order valence-corrected chi connectivity index (χ4v) is 2.16. The second kappa shape index (κ2) is 5.57. The first-order valence-corrected chi connectivity index (χ1v) is 6.74. The molecule has 2 heterocycles. The number of nitrogens with zero attached hydrogens (tertiary/aromatic N) is 5. The van der Waals surface area contributed by atoms with Crippen LogP contribution in [0, 0.1) is 0 Å². The van der Waals surface area contributed by atoms with Crippen molar-refractivity contribution >= 4 is 28.7 Å². The molecule has 0 saturated heterocycles. The van der Waals surface area contributed by atoms with E-state index >= 15 is 0 Å². The van der Waals surface area contributed by atoms with Crippen LogP contribution in [0.1, 0.15) is 5.56 Å². The lowest BCUT2D eigenvalue weighted by molar-refractivity contribution is -0.118. The van der Waals surface area contributed by atoms with E-state index in [0.29, 0.717) is 17.2 Å². The predicted molar refractivity (Wildman–Crippen MR) is 79.3 cm³/mol. The quantitative estimate of drug-likeness (QED) is 0.738. The number of carbonyl (C=O) groups is 1. The summed E-state index contributed by atoms with van der Waals surface area (Å²) < 4.78 is 2.61. The number of carbonyl (C=O) groups excluding carboxylic acids is 1. The predicted octanol–water partition coefficient (Wildman–Crippen LogP) is 0.175. The van der Waals surface area contributed by atoms with Gasteiger partial charge in [0.2, 0.25) is 5.91 Å². The second-order valence-electron chi connectivity index (χ2n) is 4.69. The molecule has 0 saturated carbocycles. The standard InChI is InChI=1S/C13H11ClN6O2/c14-9-3-1-8(2-4-9)5-20-12-11(17-18-20)13(22)19(7-16-12)6-10(15)21/h1-4,7H,5-6H2,(H2,15,21). The molecule has 112 valence electrons. The van der Waals surface area contributed by atoms with E-state index in [1.807, 2.05) is 12.1 Å². The van der Waals surface area contributed by atoms with E-state index in [1.54, 1.807) is 12.1 Å². The summed E-state index contributed by atoms with van der Waals surface area (Å²) in [5.74, 6) is -0.628. The van der Waals surface area contributed by atoms with Crippen molar-refractivity contribution in [3.8, 4) is 0 Å². The van der Waals surface area contributed by atoms with Crippen molar-refractivity contribution in [2.24, 2.45) is 5.73 Å². The maximum absolute atomic E-state index is 12.2. The highest BCUT2D eigenvalue weighted by Gasteiger charge is 2.13. The zero-order chi connectivity index (χ0) is 15.7. The lowest BCUT2D eigenvalue weighted by Crippen LogP contribution is -2.28. The van der Waals surface area contributed by atoms with E-state index in [4.69, 9.17) is 17.3 Å². The molecule has 22 heavy (non-hydrogen) atoms. The summed E-state index contributed by atoms with van der Waals surface area (Å²) in [7, 11) is 0. The van der Waals surface area contributed by atoms with Crippen LogP contribution in [0.5, 0.6) is 0 Å². The summed E-state index contributed by atoms with van der Waals surface area (Å²) in [5.41, 5.74) is 6.01. The molecule has 0 aliphatic heterocycles. The van der Waals surface area contributed by atoms with Crippen molar-refractivity contribution in [2.75, 3.05) is 0 Å². The maximum Gasteiger partial charge on any atom is 0.283 e. The van der Waals surface area contributed by atoms with Gasteiger partial charge in [0.1, 0.15) is 12.9 Å². The first-order chi connectivity index (χ1) is 10.5. The van der Waals surface area contributed by atoms with Gasteiger partial charge < -0.3 is 5.73 Å². The monoisotopic (exact) mass is 318 g/mol. The second-order valence-corrected chi connectivity index (χ2v) is 5.13. The number of fused-ring (bicyclic) bond motifs is 1. The molecule has 0 aliphatic carbocycles. The summed E-state index contributed by atoms with van der Waals surface area (Å²) in [6.45, 7) is 0.158.